The van der Waals surface area contributed by atoms with Gasteiger partial charge in [0.25, 0.3) is 10.1 Å². The van der Waals surface area contributed by atoms with Crippen molar-refractivity contribution in [3.8, 4) is 0 Å². The first-order valence-corrected chi connectivity index (χ1v) is 8.08. The van der Waals surface area contributed by atoms with Crippen molar-refractivity contribution in [2.45, 2.75) is 43.8 Å². The maximum atomic E-state index is 11.8. The Morgan fingerprint density at radius 3 is 2.48 bits per heavy atom. The van der Waals surface area contributed by atoms with Crippen LogP contribution in [0.5, 0.6) is 0 Å². The van der Waals surface area contributed by atoms with Crippen LogP contribution in [0.3, 0.4) is 0 Å². The molecule has 21 heavy (non-hydrogen) atoms. The minimum atomic E-state index is -3.93. The molecule has 118 valence electrons. The van der Waals surface area contributed by atoms with Crippen molar-refractivity contribution in [3.05, 3.63) is 30.3 Å². The number of esters is 1. The normalized spacial score (nSPS) is 14.4. The molecule has 1 aromatic carbocycles. The smallest absolute Gasteiger partial charge is 0.308 e. The highest BCUT2D eigenvalue weighted by molar-refractivity contribution is 7.86. The van der Waals surface area contributed by atoms with E-state index in [9.17, 15) is 18.3 Å². The van der Waals surface area contributed by atoms with Gasteiger partial charge >= 0.3 is 5.97 Å². The fraction of sp³-hybridized carbons (Fsp3) is 0.500. The van der Waals surface area contributed by atoms with Gasteiger partial charge in [-0.25, -0.2) is 0 Å². The number of carbonyl (C=O) groups excluding carboxylic acids is 1. The Bertz CT molecular complexity index is 540. The highest BCUT2D eigenvalue weighted by atomic mass is 32.2. The van der Waals surface area contributed by atoms with Crippen LogP contribution in [-0.4, -0.2) is 38.3 Å². The van der Waals surface area contributed by atoms with E-state index in [1.54, 1.807) is 25.1 Å². The van der Waals surface area contributed by atoms with Gasteiger partial charge in [0.05, 0.1) is 30.1 Å². The zero-order valence-corrected chi connectivity index (χ0v) is 12.9. The Labute approximate surface area is 124 Å². The Morgan fingerprint density at radius 1 is 1.29 bits per heavy atom. The predicted octanol–water partition coefficient (Wildman–Crippen LogP) is 1.48. The van der Waals surface area contributed by atoms with Crippen LogP contribution in [-0.2, 0) is 23.8 Å². The number of hydrogen-bond acceptors (Lipinski definition) is 6. The third-order valence-corrected chi connectivity index (χ3v) is 4.05. The Morgan fingerprint density at radius 2 is 1.90 bits per heavy atom. The Kier molecular flexibility index (Phi) is 6.80. The van der Waals surface area contributed by atoms with Crippen LogP contribution in [0.25, 0.3) is 0 Å². The molecule has 0 bridgehead atoms. The van der Waals surface area contributed by atoms with Gasteiger partial charge in [-0.1, -0.05) is 25.1 Å². The summed E-state index contributed by atoms with van der Waals surface area (Å²) in [4.78, 5) is 11.4. The van der Waals surface area contributed by atoms with Crippen molar-refractivity contribution in [3.63, 3.8) is 0 Å². The third-order valence-electron chi connectivity index (χ3n) is 2.76. The molecule has 0 radical (unpaired) electrons. The lowest BCUT2D eigenvalue weighted by atomic mass is 10.2. The summed E-state index contributed by atoms with van der Waals surface area (Å²) in [5.74, 6) is -0.586. The van der Waals surface area contributed by atoms with E-state index in [2.05, 4.69) is 0 Å². The molecular weight excluding hydrogens is 296 g/mol. The second-order valence-corrected chi connectivity index (χ2v) is 6.23. The van der Waals surface area contributed by atoms with Crippen LogP contribution in [0.2, 0.25) is 0 Å². The van der Waals surface area contributed by atoms with Crippen molar-refractivity contribution < 1.29 is 27.2 Å². The zero-order valence-electron chi connectivity index (χ0n) is 12.1. The molecule has 1 rings (SSSR count). The second-order valence-electron chi connectivity index (χ2n) is 4.62. The molecule has 1 N–H and O–H groups in total. The molecule has 2 unspecified atom stereocenters. The molecule has 1 aromatic rings. The lowest BCUT2D eigenvalue weighted by Crippen LogP contribution is -2.24. The lowest BCUT2D eigenvalue weighted by Gasteiger charge is -2.14. The fourth-order valence-corrected chi connectivity index (χ4v) is 2.39. The largest absolute Gasteiger partial charge is 0.463 e. The van der Waals surface area contributed by atoms with E-state index in [-0.39, 0.29) is 17.4 Å². The van der Waals surface area contributed by atoms with Crippen molar-refractivity contribution in [2.75, 3.05) is 6.61 Å². The van der Waals surface area contributed by atoms with E-state index in [1.165, 1.54) is 12.1 Å². The van der Waals surface area contributed by atoms with Gasteiger partial charge in [0, 0.05) is 0 Å². The van der Waals surface area contributed by atoms with Crippen LogP contribution in [0, 0.1) is 0 Å². The summed E-state index contributed by atoms with van der Waals surface area (Å²) in [5, 5.41) is 9.63. The van der Waals surface area contributed by atoms with E-state index in [4.69, 9.17) is 8.92 Å². The molecule has 0 spiro atoms. The second kappa shape index (κ2) is 8.11. The van der Waals surface area contributed by atoms with Gasteiger partial charge in [-0.05, 0) is 25.5 Å². The molecule has 0 amide bonds. The third kappa shape index (κ3) is 6.24. The molecule has 0 saturated carbocycles. The molecular formula is C14H20O6S. The maximum Gasteiger partial charge on any atom is 0.308 e. The number of hydrogen-bond donors (Lipinski definition) is 1. The number of aliphatic hydroxyl groups is 1. The minimum absolute atomic E-state index is 0.000572. The molecule has 7 heteroatoms. The van der Waals surface area contributed by atoms with E-state index >= 15 is 0 Å². The van der Waals surface area contributed by atoms with Crippen LogP contribution in [0.1, 0.15) is 26.7 Å². The molecule has 0 aliphatic rings. The van der Waals surface area contributed by atoms with Crippen molar-refractivity contribution in [1.82, 2.24) is 0 Å². The van der Waals surface area contributed by atoms with E-state index < -0.39 is 28.8 Å². The molecule has 0 heterocycles. The highest BCUT2D eigenvalue weighted by Gasteiger charge is 2.20. The first-order chi connectivity index (χ1) is 9.85. The maximum absolute atomic E-state index is 11.8. The zero-order chi connectivity index (χ0) is 15.9. The van der Waals surface area contributed by atoms with Crippen LogP contribution in [0.4, 0.5) is 0 Å². The van der Waals surface area contributed by atoms with Gasteiger partial charge in [0.15, 0.2) is 0 Å². The SMILES string of the molecule is CCC(C)OC(=O)CC(O)COS(=O)(=O)c1ccccc1. The first kappa shape index (κ1) is 17.6. The standard InChI is InChI=1S/C14H20O6S/c1-3-11(2)20-14(16)9-12(15)10-19-21(17,18)13-7-5-4-6-8-13/h4-8,11-12,15H,3,9-10H2,1-2H3. The van der Waals surface area contributed by atoms with Crippen LogP contribution < -0.4 is 0 Å². The summed E-state index contributed by atoms with van der Waals surface area (Å²) < 4.78 is 33.3. The molecule has 2 atom stereocenters. The molecule has 0 aliphatic carbocycles. The van der Waals surface area contributed by atoms with Gasteiger partial charge in [0.2, 0.25) is 0 Å². The Balaban J connectivity index is 2.46. The molecule has 6 nitrogen and oxygen atoms in total. The summed E-state index contributed by atoms with van der Waals surface area (Å²) in [7, 11) is -3.93. The molecule has 0 saturated heterocycles. The monoisotopic (exact) mass is 316 g/mol. The lowest BCUT2D eigenvalue weighted by molar-refractivity contribution is -0.151. The summed E-state index contributed by atoms with van der Waals surface area (Å²) in [6.45, 7) is 3.11. The topological polar surface area (TPSA) is 89.9 Å². The van der Waals surface area contributed by atoms with Crippen molar-refractivity contribution in [1.29, 1.82) is 0 Å². The first-order valence-electron chi connectivity index (χ1n) is 6.67. The van der Waals surface area contributed by atoms with Crippen molar-refractivity contribution in [2.24, 2.45) is 0 Å². The van der Waals surface area contributed by atoms with Gasteiger partial charge in [-0.15, -0.1) is 0 Å². The number of ether oxygens (including phenoxy) is 1. The molecule has 0 aliphatic heterocycles. The summed E-state index contributed by atoms with van der Waals surface area (Å²) >= 11 is 0. The average molecular weight is 316 g/mol. The predicted molar refractivity (Wildman–Crippen MR) is 76.0 cm³/mol. The number of aliphatic hydroxyl groups excluding tert-OH is 1. The summed E-state index contributed by atoms with van der Waals surface area (Å²) in [6, 6.07) is 7.59. The van der Waals surface area contributed by atoms with E-state index in [0.29, 0.717) is 6.42 Å². The highest BCUT2D eigenvalue weighted by Crippen LogP contribution is 2.12. The van der Waals surface area contributed by atoms with Crippen molar-refractivity contribution >= 4 is 16.1 Å². The van der Waals surface area contributed by atoms with E-state index in [1.807, 2.05) is 6.92 Å². The minimum Gasteiger partial charge on any atom is -0.463 e. The Hall–Kier alpha value is -1.44. The van der Waals surface area contributed by atoms with E-state index in [0.717, 1.165) is 0 Å². The van der Waals surface area contributed by atoms with Gasteiger partial charge in [-0.3, -0.25) is 8.98 Å². The molecule has 0 fully saturated rings. The number of rotatable bonds is 8. The van der Waals surface area contributed by atoms with Gasteiger partial charge in [-0.2, -0.15) is 8.42 Å². The molecule has 0 aromatic heterocycles. The summed E-state index contributed by atoms with van der Waals surface area (Å²) in [5.41, 5.74) is 0. The number of benzene rings is 1. The number of carbonyl (C=O) groups is 1. The fourth-order valence-electron chi connectivity index (χ4n) is 1.43. The van der Waals surface area contributed by atoms with Gasteiger partial charge < -0.3 is 9.84 Å². The van der Waals surface area contributed by atoms with Crippen LogP contribution >= 0.6 is 0 Å². The van der Waals surface area contributed by atoms with Gasteiger partial charge in [0.1, 0.15) is 0 Å². The van der Waals surface area contributed by atoms with Crippen LogP contribution in [0.15, 0.2) is 35.2 Å². The summed E-state index contributed by atoms with van der Waals surface area (Å²) in [6.07, 6.45) is -1.12. The quantitative estimate of drug-likeness (QED) is 0.577. The average Bonchev–Trinajstić information content (AvgIpc) is 2.46.